The van der Waals surface area contributed by atoms with Crippen LogP contribution in [0.1, 0.15) is 5.56 Å². The molecule has 0 saturated carbocycles. The molecule has 0 atom stereocenters. The van der Waals surface area contributed by atoms with Gasteiger partial charge in [0.15, 0.2) is 6.61 Å². The highest BCUT2D eigenvalue weighted by Gasteiger charge is 2.10. The number of nitrogens with zero attached hydrogens (tertiary/aromatic N) is 2. The van der Waals surface area contributed by atoms with Crippen molar-refractivity contribution < 1.29 is 14.1 Å². The number of ether oxygens (including phenoxy) is 1. The van der Waals surface area contributed by atoms with Gasteiger partial charge in [-0.15, -0.1) is 0 Å². The Kier molecular flexibility index (Phi) is 4.05. The van der Waals surface area contributed by atoms with E-state index >= 15 is 0 Å². The molecular weight excluding hydrogens is 294 g/mol. The van der Waals surface area contributed by atoms with Crippen molar-refractivity contribution in [2.45, 2.75) is 6.92 Å². The second-order valence-corrected chi connectivity index (χ2v) is 5.07. The first-order chi connectivity index (χ1) is 11.1. The standard InChI is InChI=1S/C17H15N3O3/c1-11-2-4-13(5-3-11)17-19-16(20-23-17)12-6-8-14(9-7-12)22-10-15(18)21/h2-9H,10H2,1H3,(H2,18,21). The monoisotopic (exact) mass is 309 g/mol. The van der Waals surface area contributed by atoms with E-state index in [0.29, 0.717) is 17.5 Å². The van der Waals surface area contributed by atoms with E-state index in [9.17, 15) is 4.79 Å². The van der Waals surface area contributed by atoms with Gasteiger partial charge < -0.3 is 15.0 Å². The number of rotatable bonds is 5. The summed E-state index contributed by atoms with van der Waals surface area (Å²) in [5.41, 5.74) is 7.86. The predicted octanol–water partition coefficient (Wildman–Crippen LogP) is 2.58. The Hall–Kier alpha value is -3.15. The Morgan fingerprint density at radius 3 is 2.39 bits per heavy atom. The van der Waals surface area contributed by atoms with Crippen LogP contribution in [0.2, 0.25) is 0 Å². The fourth-order valence-corrected chi connectivity index (χ4v) is 2.01. The summed E-state index contributed by atoms with van der Waals surface area (Å²) in [4.78, 5) is 15.1. The lowest BCUT2D eigenvalue weighted by Gasteiger charge is -2.03. The number of aromatic nitrogens is 2. The molecule has 3 aromatic rings. The van der Waals surface area contributed by atoms with Crippen LogP contribution in [-0.2, 0) is 4.79 Å². The zero-order valence-electron chi connectivity index (χ0n) is 12.5. The summed E-state index contributed by atoms with van der Waals surface area (Å²) in [5, 5.41) is 3.99. The molecule has 2 aromatic carbocycles. The molecule has 1 aromatic heterocycles. The molecule has 0 aliphatic rings. The van der Waals surface area contributed by atoms with E-state index < -0.39 is 5.91 Å². The molecule has 1 amide bonds. The summed E-state index contributed by atoms with van der Waals surface area (Å²) in [6.45, 7) is 1.87. The highest BCUT2D eigenvalue weighted by atomic mass is 16.5. The molecule has 0 spiro atoms. The second kappa shape index (κ2) is 6.31. The van der Waals surface area contributed by atoms with E-state index in [4.69, 9.17) is 15.0 Å². The van der Waals surface area contributed by atoms with Gasteiger partial charge in [-0.25, -0.2) is 0 Å². The van der Waals surface area contributed by atoms with Gasteiger partial charge in [0.1, 0.15) is 5.75 Å². The van der Waals surface area contributed by atoms with Gasteiger partial charge in [-0.1, -0.05) is 22.9 Å². The number of primary amides is 1. The lowest BCUT2D eigenvalue weighted by Crippen LogP contribution is -2.19. The Labute approximate surface area is 132 Å². The summed E-state index contributed by atoms with van der Waals surface area (Å²) in [6.07, 6.45) is 0. The minimum Gasteiger partial charge on any atom is -0.484 e. The SMILES string of the molecule is Cc1ccc(-c2nc(-c3ccc(OCC(N)=O)cc3)no2)cc1. The van der Waals surface area contributed by atoms with Gasteiger partial charge in [0.25, 0.3) is 11.8 Å². The molecule has 6 nitrogen and oxygen atoms in total. The van der Waals surface area contributed by atoms with E-state index in [-0.39, 0.29) is 6.61 Å². The van der Waals surface area contributed by atoms with Crippen LogP contribution in [-0.4, -0.2) is 22.7 Å². The van der Waals surface area contributed by atoms with Gasteiger partial charge in [0, 0.05) is 11.1 Å². The molecule has 0 bridgehead atoms. The van der Waals surface area contributed by atoms with Crippen LogP contribution < -0.4 is 10.5 Å². The zero-order valence-corrected chi connectivity index (χ0v) is 12.5. The lowest BCUT2D eigenvalue weighted by molar-refractivity contribution is -0.119. The summed E-state index contributed by atoms with van der Waals surface area (Å²) in [7, 11) is 0. The fourth-order valence-electron chi connectivity index (χ4n) is 2.01. The number of carbonyl (C=O) groups is 1. The third-order valence-electron chi connectivity index (χ3n) is 3.22. The van der Waals surface area contributed by atoms with Gasteiger partial charge >= 0.3 is 0 Å². The molecule has 116 valence electrons. The van der Waals surface area contributed by atoms with Crippen molar-refractivity contribution in [3.63, 3.8) is 0 Å². The number of carbonyl (C=O) groups excluding carboxylic acids is 1. The second-order valence-electron chi connectivity index (χ2n) is 5.07. The smallest absolute Gasteiger partial charge is 0.258 e. The van der Waals surface area contributed by atoms with Crippen LogP contribution >= 0.6 is 0 Å². The molecule has 3 rings (SSSR count). The van der Waals surface area contributed by atoms with E-state index in [1.54, 1.807) is 24.3 Å². The van der Waals surface area contributed by atoms with Crippen LogP contribution in [0, 0.1) is 6.92 Å². The number of hydrogen-bond donors (Lipinski definition) is 1. The van der Waals surface area contributed by atoms with Gasteiger partial charge in [-0.05, 0) is 43.3 Å². The van der Waals surface area contributed by atoms with E-state index in [1.165, 1.54) is 5.56 Å². The average molecular weight is 309 g/mol. The maximum absolute atomic E-state index is 10.7. The number of benzene rings is 2. The van der Waals surface area contributed by atoms with Gasteiger partial charge in [0.2, 0.25) is 5.82 Å². The molecule has 0 radical (unpaired) electrons. The Bertz CT molecular complexity index is 808. The molecule has 6 heteroatoms. The topological polar surface area (TPSA) is 91.2 Å². The third kappa shape index (κ3) is 3.55. The number of nitrogens with two attached hydrogens (primary N) is 1. The van der Waals surface area contributed by atoms with Crippen molar-refractivity contribution in [1.29, 1.82) is 0 Å². The van der Waals surface area contributed by atoms with Gasteiger partial charge in [-0.2, -0.15) is 4.98 Å². The molecule has 0 fully saturated rings. The Balaban J connectivity index is 1.77. The van der Waals surface area contributed by atoms with E-state index in [2.05, 4.69) is 10.1 Å². The Morgan fingerprint density at radius 1 is 1.09 bits per heavy atom. The molecule has 0 aliphatic heterocycles. The normalized spacial score (nSPS) is 10.5. The third-order valence-corrected chi connectivity index (χ3v) is 3.22. The van der Waals surface area contributed by atoms with Crippen molar-refractivity contribution in [3.05, 3.63) is 54.1 Å². The summed E-state index contributed by atoms with van der Waals surface area (Å²) < 4.78 is 10.5. The maximum Gasteiger partial charge on any atom is 0.258 e. The van der Waals surface area contributed by atoms with Gasteiger partial charge in [0.05, 0.1) is 0 Å². The van der Waals surface area contributed by atoms with Crippen LogP contribution in [0.3, 0.4) is 0 Å². The molecule has 0 unspecified atom stereocenters. The van der Waals surface area contributed by atoms with Crippen molar-refractivity contribution >= 4 is 5.91 Å². The van der Waals surface area contributed by atoms with Crippen LogP contribution in [0.15, 0.2) is 53.1 Å². The van der Waals surface area contributed by atoms with Gasteiger partial charge in [-0.3, -0.25) is 4.79 Å². The summed E-state index contributed by atoms with van der Waals surface area (Å²) in [5.74, 6) is 0.987. The van der Waals surface area contributed by atoms with E-state index in [0.717, 1.165) is 11.1 Å². The minimum atomic E-state index is -0.519. The van der Waals surface area contributed by atoms with Crippen molar-refractivity contribution in [1.82, 2.24) is 10.1 Å². The first kappa shape index (κ1) is 14.8. The highest BCUT2D eigenvalue weighted by molar-refractivity contribution is 5.75. The summed E-state index contributed by atoms with van der Waals surface area (Å²) in [6, 6.07) is 14.9. The van der Waals surface area contributed by atoms with Crippen molar-refractivity contribution in [3.8, 4) is 28.6 Å². The summed E-state index contributed by atoms with van der Waals surface area (Å²) >= 11 is 0. The first-order valence-electron chi connectivity index (χ1n) is 7.04. The van der Waals surface area contributed by atoms with Crippen molar-refractivity contribution in [2.24, 2.45) is 5.73 Å². The first-order valence-corrected chi connectivity index (χ1v) is 7.04. The molecule has 0 saturated heterocycles. The van der Waals surface area contributed by atoms with Crippen LogP contribution in [0.4, 0.5) is 0 Å². The molecule has 2 N–H and O–H groups in total. The number of hydrogen-bond acceptors (Lipinski definition) is 5. The van der Waals surface area contributed by atoms with Crippen LogP contribution in [0.25, 0.3) is 22.8 Å². The quantitative estimate of drug-likeness (QED) is 0.782. The van der Waals surface area contributed by atoms with Crippen LogP contribution in [0.5, 0.6) is 5.75 Å². The zero-order chi connectivity index (χ0) is 16.2. The molecule has 1 heterocycles. The Morgan fingerprint density at radius 2 is 1.74 bits per heavy atom. The largest absolute Gasteiger partial charge is 0.484 e. The average Bonchev–Trinajstić information content (AvgIpc) is 3.04. The van der Waals surface area contributed by atoms with Crippen molar-refractivity contribution in [2.75, 3.05) is 6.61 Å². The predicted molar refractivity (Wildman–Crippen MR) is 84.6 cm³/mol. The number of aryl methyl sites for hydroxylation is 1. The van der Waals surface area contributed by atoms with E-state index in [1.807, 2.05) is 31.2 Å². The fraction of sp³-hybridized carbons (Fsp3) is 0.118. The highest BCUT2D eigenvalue weighted by Crippen LogP contribution is 2.24. The number of amides is 1. The minimum absolute atomic E-state index is 0.154. The molecule has 23 heavy (non-hydrogen) atoms. The maximum atomic E-state index is 10.7. The molecule has 0 aliphatic carbocycles. The lowest BCUT2D eigenvalue weighted by atomic mass is 10.1. The molecular formula is C17H15N3O3.